The molecule has 5 rings (SSSR count). The molecule has 0 fully saturated rings. The van der Waals surface area contributed by atoms with Crippen molar-refractivity contribution in [3.05, 3.63) is 35.1 Å². The summed E-state index contributed by atoms with van der Waals surface area (Å²) in [5, 5.41) is 12.6. The molecule has 0 saturated carbocycles. The predicted octanol–water partition coefficient (Wildman–Crippen LogP) is 3.90. The van der Waals surface area contributed by atoms with Crippen LogP contribution in [0.15, 0.2) is 24.7 Å². The number of thiophene rings is 1. The monoisotopic (exact) mass is 436 g/mol. The van der Waals surface area contributed by atoms with E-state index in [1.165, 1.54) is 10.4 Å². The van der Waals surface area contributed by atoms with Gasteiger partial charge in [-0.3, -0.25) is 9.89 Å². The Morgan fingerprint density at radius 2 is 2.23 bits per heavy atom. The van der Waals surface area contributed by atoms with Crippen molar-refractivity contribution in [1.82, 2.24) is 25.1 Å². The van der Waals surface area contributed by atoms with Crippen LogP contribution in [0.3, 0.4) is 0 Å². The van der Waals surface area contributed by atoms with Crippen molar-refractivity contribution in [3.63, 3.8) is 0 Å². The fourth-order valence-electron chi connectivity index (χ4n) is 4.25. The second kappa shape index (κ2) is 7.81. The molecule has 1 aliphatic carbocycles. The minimum Gasteiger partial charge on any atom is -0.492 e. The van der Waals surface area contributed by atoms with Gasteiger partial charge in [-0.1, -0.05) is 0 Å². The summed E-state index contributed by atoms with van der Waals surface area (Å²) in [5.74, 6) is 1.74. The van der Waals surface area contributed by atoms with Gasteiger partial charge in [-0.15, -0.1) is 11.3 Å². The van der Waals surface area contributed by atoms with E-state index in [4.69, 9.17) is 4.74 Å². The molecule has 4 aromatic rings. The number of rotatable bonds is 5. The van der Waals surface area contributed by atoms with Gasteiger partial charge in [0, 0.05) is 36.3 Å². The molecule has 0 unspecified atom stereocenters. The Bertz CT molecular complexity index is 1280. The number of hydrogen-bond donors (Lipinski definition) is 2. The largest absolute Gasteiger partial charge is 0.492 e. The standard InChI is InChI=1S/C22H24N6O2S/c1-4-30-17-9-15-13(10-25-27-15)7-16(17)26-20-19-14-6-5-12(22(29)28(2)3)8-18(14)31-21(19)24-11-23-20/h7,9-12H,4-6,8H2,1-3H3,(H,25,27)(H,23,24,26)/t12-/m0/s1. The number of fused-ring (bicyclic) bond motifs is 4. The van der Waals surface area contributed by atoms with E-state index in [-0.39, 0.29) is 11.8 Å². The Balaban J connectivity index is 1.54. The van der Waals surface area contributed by atoms with Crippen molar-refractivity contribution >= 4 is 49.9 Å². The summed E-state index contributed by atoms with van der Waals surface area (Å²) in [7, 11) is 3.64. The summed E-state index contributed by atoms with van der Waals surface area (Å²) in [4.78, 5) is 25.4. The summed E-state index contributed by atoms with van der Waals surface area (Å²) in [6.45, 7) is 2.52. The number of aryl methyl sites for hydroxylation is 1. The van der Waals surface area contributed by atoms with E-state index in [2.05, 4.69) is 25.5 Å². The van der Waals surface area contributed by atoms with E-state index in [1.54, 1.807) is 28.8 Å². The molecule has 0 spiro atoms. The first kappa shape index (κ1) is 19.7. The topological polar surface area (TPSA) is 96.0 Å². The summed E-state index contributed by atoms with van der Waals surface area (Å²) in [6, 6.07) is 3.97. The van der Waals surface area contributed by atoms with Crippen LogP contribution in [-0.2, 0) is 17.6 Å². The van der Waals surface area contributed by atoms with E-state index in [1.807, 2.05) is 33.2 Å². The van der Waals surface area contributed by atoms with Crippen LogP contribution in [0.4, 0.5) is 11.5 Å². The fourth-order valence-corrected chi connectivity index (χ4v) is 5.52. The van der Waals surface area contributed by atoms with Crippen LogP contribution < -0.4 is 10.1 Å². The molecule has 1 atom stereocenters. The van der Waals surface area contributed by atoms with E-state index in [0.717, 1.165) is 57.6 Å². The quantitative estimate of drug-likeness (QED) is 0.493. The molecular weight excluding hydrogens is 412 g/mol. The molecule has 0 aliphatic heterocycles. The number of H-pyrrole nitrogens is 1. The fraction of sp³-hybridized carbons (Fsp3) is 0.364. The van der Waals surface area contributed by atoms with Crippen molar-refractivity contribution < 1.29 is 9.53 Å². The molecule has 160 valence electrons. The Hall–Kier alpha value is -3.20. The van der Waals surface area contributed by atoms with Gasteiger partial charge in [-0.25, -0.2) is 9.97 Å². The number of anilines is 2. The molecule has 2 N–H and O–H groups in total. The summed E-state index contributed by atoms with van der Waals surface area (Å²) in [5.41, 5.74) is 3.02. The SMILES string of the molecule is CCOc1cc2[nH]ncc2cc1Nc1ncnc2sc3c(c12)CC[C@H](C(=O)N(C)C)C3. The number of nitrogens with zero attached hydrogens (tertiary/aromatic N) is 4. The Morgan fingerprint density at radius 1 is 1.35 bits per heavy atom. The van der Waals surface area contributed by atoms with Crippen LogP contribution in [0.25, 0.3) is 21.1 Å². The van der Waals surface area contributed by atoms with Crippen molar-refractivity contribution in [3.8, 4) is 5.75 Å². The number of benzene rings is 1. The van der Waals surface area contributed by atoms with Gasteiger partial charge < -0.3 is 15.0 Å². The first-order valence-electron chi connectivity index (χ1n) is 10.4. The van der Waals surface area contributed by atoms with Crippen LogP contribution in [-0.4, -0.2) is 51.7 Å². The maximum Gasteiger partial charge on any atom is 0.225 e. The van der Waals surface area contributed by atoms with Gasteiger partial charge in [0.2, 0.25) is 5.91 Å². The molecule has 1 amide bonds. The maximum absolute atomic E-state index is 12.5. The van der Waals surface area contributed by atoms with Gasteiger partial charge in [0.05, 0.1) is 29.4 Å². The molecule has 31 heavy (non-hydrogen) atoms. The van der Waals surface area contributed by atoms with Crippen molar-refractivity contribution in [1.29, 1.82) is 0 Å². The van der Waals surface area contributed by atoms with Crippen molar-refractivity contribution in [2.75, 3.05) is 26.0 Å². The van der Waals surface area contributed by atoms with Crippen molar-refractivity contribution in [2.45, 2.75) is 26.2 Å². The highest BCUT2D eigenvalue weighted by Crippen LogP contribution is 2.41. The molecule has 3 heterocycles. The third kappa shape index (κ3) is 3.48. The third-order valence-corrected chi connectivity index (χ3v) is 6.89. The summed E-state index contributed by atoms with van der Waals surface area (Å²) < 4.78 is 5.86. The highest BCUT2D eigenvalue weighted by Gasteiger charge is 2.30. The minimum atomic E-state index is 0.0352. The zero-order valence-corrected chi connectivity index (χ0v) is 18.5. The number of carbonyl (C=O) groups is 1. The molecule has 1 aliphatic rings. The minimum absolute atomic E-state index is 0.0352. The second-order valence-corrected chi connectivity index (χ2v) is 9.03. The van der Waals surface area contributed by atoms with Crippen molar-refractivity contribution in [2.24, 2.45) is 5.92 Å². The highest BCUT2D eigenvalue weighted by molar-refractivity contribution is 7.19. The Kier molecular flexibility index (Phi) is 4.97. The first-order chi connectivity index (χ1) is 15.0. The van der Waals surface area contributed by atoms with Gasteiger partial charge in [0.25, 0.3) is 0 Å². The maximum atomic E-state index is 12.5. The van der Waals surface area contributed by atoms with Gasteiger partial charge >= 0.3 is 0 Å². The number of aromatic nitrogens is 4. The molecule has 3 aromatic heterocycles. The van der Waals surface area contributed by atoms with Crippen LogP contribution in [0, 0.1) is 5.92 Å². The van der Waals surface area contributed by atoms with Crippen LogP contribution in [0.2, 0.25) is 0 Å². The molecule has 8 nitrogen and oxygen atoms in total. The second-order valence-electron chi connectivity index (χ2n) is 7.94. The summed E-state index contributed by atoms with van der Waals surface area (Å²) >= 11 is 1.67. The molecule has 0 bridgehead atoms. The highest BCUT2D eigenvalue weighted by atomic mass is 32.1. The average molecular weight is 437 g/mol. The molecule has 0 saturated heterocycles. The molecule has 9 heteroatoms. The number of hydrogen-bond acceptors (Lipinski definition) is 7. The number of amides is 1. The smallest absolute Gasteiger partial charge is 0.225 e. The van der Waals surface area contributed by atoms with Gasteiger partial charge in [-0.05, 0) is 37.8 Å². The van der Waals surface area contributed by atoms with Crippen LogP contribution >= 0.6 is 11.3 Å². The predicted molar refractivity (Wildman–Crippen MR) is 122 cm³/mol. The lowest BCUT2D eigenvalue weighted by atomic mass is 9.87. The lowest BCUT2D eigenvalue weighted by Gasteiger charge is -2.24. The number of nitrogens with one attached hydrogen (secondary N) is 2. The number of carbonyl (C=O) groups excluding carboxylic acids is 1. The average Bonchev–Trinajstić information content (AvgIpc) is 3.37. The van der Waals surface area contributed by atoms with Gasteiger partial charge in [0.15, 0.2) is 0 Å². The normalized spacial score (nSPS) is 15.8. The Labute approximate surface area is 183 Å². The molecule has 1 aromatic carbocycles. The van der Waals surface area contributed by atoms with E-state index in [0.29, 0.717) is 6.61 Å². The molecule has 0 radical (unpaired) electrons. The Morgan fingerprint density at radius 3 is 3.03 bits per heavy atom. The number of ether oxygens (including phenoxy) is 1. The summed E-state index contributed by atoms with van der Waals surface area (Å²) in [6.07, 6.45) is 5.83. The van der Waals surface area contributed by atoms with E-state index < -0.39 is 0 Å². The first-order valence-corrected chi connectivity index (χ1v) is 11.2. The van der Waals surface area contributed by atoms with E-state index in [9.17, 15) is 4.79 Å². The lowest BCUT2D eigenvalue weighted by molar-refractivity contribution is -0.133. The number of aromatic amines is 1. The zero-order chi connectivity index (χ0) is 21.5. The lowest BCUT2D eigenvalue weighted by Crippen LogP contribution is -2.32. The van der Waals surface area contributed by atoms with Gasteiger partial charge in [-0.2, -0.15) is 5.10 Å². The van der Waals surface area contributed by atoms with Crippen LogP contribution in [0.5, 0.6) is 5.75 Å². The third-order valence-electron chi connectivity index (χ3n) is 5.73. The van der Waals surface area contributed by atoms with E-state index >= 15 is 0 Å². The van der Waals surface area contributed by atoms with Gasteiger partial charge in [0.1, 0.15) is 22.7 Å². The van der Waals surface area contributed by atoms with Crippen LogP contribution in [0.1, 0.15) is 23.8 Å². The molecular formula is C22H24N6O2S. The zero-order valence-electron chi connectivity index (χ0n) is 17.7.